The summed E-state index contributed by atoms with van der Waals surface area (Å²) in [5.41, 5.74) is 3.47. The molecule has 0 amide bonds. The van der Waals surface area contributed by atoms with E-state index in [4.69, 9.17) is 24.7 Å². The van der Waals surface area contributed by atoms with Crippen molar-refractivity contribution >= 4 is 28.0 Å². The van der Waals surface area contributed by atoms with Gasteiger partial charge in [0.1, 0.15) is 11.6 Å². The third-order valence-corrected chi connectivity index (χ3v) is 8.87. The number of imidazole rings is 2. The maximum absolute atomic E-state index is 9.79. The number of anilines is 1. The minimum atomic E-state index is -0.168. The second-order valence-electron chi connectivity index (χ2n) is 11.6. The highest BCUT2D eigenvalue weighted by atomic mass is 16.5. The first-order chi connectivity index (χ1) is 18.9. The summed E-state index contributed by atoms with van der Waals surface area (Å²) in [6.45, 7) is 12.2. The van der Waals surface area contributed by atoms with Crippen LogP contribution in [-0.2, 0) is 24.8 Å². The van der Waals surface area contributed by atoms with Gasteiger partial charge in [-0.05, 0) is 26.0 Å². The van der Waals surface area contributed by atoms with Gasteiger partial charge in [-0.25, -0.2) is 9.97 Å². The molecule has 3 aliphatic heterocycles. The molecule has 1 aromatic carbocycles. The Morgan fingerprint density at radius 1 is 1.00 bits per heavy atom. The lowest BCUT2D eigenvalue weighted by molar-refractivity contribution is -0.175. The van der Waals surface area contributed by atoms with Crippen LogP contribution in [-0.4, -0.2) is 108 Å². The highest BCUT2D eigenvalue weighted by molar-refractivity contribution is 5.86. The monoisotopic (exact) mass is 531 g/mol. The molecule has 6 heterocycles. The number of para-hydroxylation sites is 2. The largest absolute Gasteiger partial charge is 0.394 e. The van der Waals surface area contributed by atoms with Gasteiger partial charge >= 0.3 is 0 Å². The second kappa shape index (κ2) is 9.22. The first-order valence-electron chi connectivity index (χ1n) is 14.0. The van der Waals surface area contributed by atoms with Gasteiger partial charge in [0.25, 0.3) is 0 Å². The van der Waals surface area contributed by atoms with Gasteiger partial charge in [-0.2, -0.15) is 9.97 Å². The third kappa shape index (κ3) is 3.86. The molecule has 2 atom stereocenters. The summed E-state index contributed by atoms with van der Waals surface area (Å²) in [4.78, 5) is 27.5. The predicted octanol–water partition coefficient (Wildman–Crippen LogP) is 1.74. The van der Waals surface area contributed by atoms with E-state index in [1.165, 1.54) is 0 Å². The Labute approximate surface area is 228 Å². The number of hydrogen-bond acceptors (Lipinski definition) is 9. The Morgan fingerprint density at radius 3 is 2.51 bits per heavy atom. The number of hydrogen-bond donors (Lipinski definition) is 1. The van der Waals surface area contributed by atoms with Gasteiger partial charge in [0.2, 0.25) is 5.95 Å². The molecule has 4 aromatic rings. The lowest BCUT2D eigenvalue weighted by Crippen LogP contribution is -2.82. The summed E-state index contributed by atoms with van der Waals surface area (Å²) < 4.78 is 9.88. The quantitative estimate of drug-likeness (QED) is 0.382. The predicted molar refractivity (Wildman–Crippen MR) is 149 cm³/mol. The topological polar surface area (TPSA) is 101 Å². The van der Waals surface area contributed by atoms with E-state index in [9.17, 15) is 5.11 Å². The highest BCUT2D eigenvalue weighted by Crippen LogP contribution is 2.39. The summed E-state index contributed by atoms with van der Waals surface area (Å²) in [6.07, 6.45) is 0.779. The fourth-order valence-corrected chi connectivity index (χ4v) is 6.35. The number of benzene rings is 1. The number of ether oxygens (including phenoxy) is 1. The molecule has 0 spiro atoms. The number of aliphatic hydroxyl groups is 1. The molecule has 11 heteroatoms. The van der Waals surface area contributed by atoms with Crippen molar-refractivity contribution in [3.8, 4) is 5.95 Å². The van der Waals surface area contributed by atoms with Crippen LogP contribution in [0, 0.1) is 0 Å². The normalized spacial score (nSPS) is 22.3. The van der Waals surface area contributed by atoms with E-state index in [0.29, 0.717) is 31.2 Å². The number of rotatable bonds is 7. The number of piperazine rings is 1. The van der Waals surface area contributed by atoms with E-state index < -0.39 is 0 Å². The average Bonchev–Trinajstić information content (AvgIpc) is 3.48. The van der Waals surface area contributed by atoms with Crippen LogP contribution < -0.4 is 4.90 Å². The van der Waals surface area contributed by atoms with Crippen LogP contribution in [0.25, 0.3) is 28.1 Å². The Bertz CT molecular complexity index is 1540. The molecule has 0 radical (unpaired) electrons. The first-order valence-corrected chi connectivity index (χ1v) is 14.0. The van der Waals surface area contributed by atoms with Gasteiger partial charge in [0.15, 0.2) is 17.0 Å². The molecule has 39 heavy (non-hydrogen) atoms. The van der Waals surface area contributed by atoms with Crippen LogP contribution >= 0.6 is 0 Å². The molecular formula is C28H37N9O2. The van der Waals surface area contributed by atoms with Gasteiger partial charge in [-0.15, -0.1) is 0 Å². The Balaban J connectivity index is 1.27. The standard InChI is InChI=1S/C28H37N9O2/c1-5-22-29-18-8-6-7-9-19(18)37(22)27-31-25-24(26(32-27)34-10-12-39-13-11-34)30-23(33(25)4)16-35-14-21-20(35)15-36(21)28(2,3)17-38/h6-9,20-21,38H,5,10-17H2,1-4H3. The number of morpholine rings is 1. The zero-order valence-electron chi connectivity index (χ0n) is 23.2. The van der Waals surface area contributed by atoms with Crippen molar-refractivity contribution < 1.29 is 9.84 Å². The van der Waals surface area contributed by atoms with Crippen molar-refractivity contribution in [3.63, 3.8) is 0 Å². The molecule has 3 fully saturated rings. The molecule has 3 aliphatic rings. The molecular weight excluding hydrogens is 494 g/mol. The Morgan fingerprint density at radius 2 is 1.79 bits per heavy atom. The van der Waals surface area contributed by atoms with Crippen molar-refractivity contribution in [2.75, 3.05) is 50.9 Å². The number of aliphatic hydroxyl groups excluding tert-OH is 1. The lowest BCUT2D eigenvalue weighted by atomic mass is 9.81. The highest BCUT2D eigenvalue weighted by Gasteiger charge is 2.55. The molecule has 7 rings (SSSR count). The van der Waals surface area contributed by atoms with Gasteiger partial charge in [0.05, 0.1) is 37.4 Å². The maximum Gasteiger partial charge on any atom is 0.239 e. The molecule has 206 valence electrons. The molecule has 3 saturated heterocycles. The molecule has 11 nitrogen and oxygen atoms in total. The number of likely N-dealkylation sites (tertiary alicyclic amines) is 2. The van der Waals surface area contributed by atoms with E-state index in [1.54, 1.807) is 0 Å². The fourth-order valence-electron chi connectivity index (χ4n) is 6.35. The van der Waals surface area contributed by atoms with E-state index >= 15 is 0 Å². The SMILES string of the molecule is CCc1nc2ccccc2n1-c1nc(N2CCOCC2)c2nc(CN3CC4C3CN4C(C)(C)CO)n(C)c2n1. The molecule has 2 unspecified atom stereocenters. The van der Waals surface area contributed by atoms with Gasteiger partial charge < -0.3 is 19.3 Å². The molecule has 0 aliphatic carbocycles. The number of aromatic nitrogens is 6. The molecule has 1 N–H and O–H groups in total. The average molecular weight is 532 g/mol. The van der Waals surface area contributed by atoms with Crippen molar-refractivity contribution in [3.05, 3.63) is 35.9 Å². The van der Waals surface area contributed by atoms with Crippen molar-refractivity contribution in [1.29, 1.82) is 0 Å². The summed E-state index contributed by atoms with van der Waals surface area (Å²) in [7, 11) is 2.07. The lowest BCUT2D eigenvalue weighted by Gasteiger charge is -2.66. The van der Waals surface area contributed by atoms with Crippen LogP contribution in [0.4, 0.5) is 5.82 Å². The summed E-state index contributed by atoms with van der Waals surface area (Å²) in [6, 6.07) is 9.20. The fraction of sp³-hybridized carbons (Fsp3) is 0.571. The van der Waals surface area contributed by atoms with Crippen LogP contribution in [0.3, 0.4) is 0 Å². The zero-order chi connectivity index (χ0) is 26.9. The smallest absolute Gasteiger partial charge is 0.239 e. The van der Waals surface area contributed by atoms with Crippen LogP contribution in [0.5, 0.6) is 0 Å². The summed E-state index contributed by atoms with van der Waals surface area (Å²) >= 11 is 0. The number of fused-ring (bicyclic) bond motifs is 3. The number of aryl methyl sites for hydroxylation is 2. The Kier molecular flexibility index (Phi) is 5.89. The number of nitrogens with zero attached hydrogens (tertiary/aromatic N) is 9. The maximum atomic E-state index is 9.79. The third-order valence-electron chi connectivity index (χ3n) is 8.87. The van der Waals surface area contributed by atoms with Crippen LogP contribution in [0.1, 0.15) is 32.4 Å². The molecule has 3 aromatic heterocycles. The first kappa shape index (κ1) is 24.9. The van der Waals surface area contributed by atoms with E-state index in [1.807, 2.05) is 18.2 Å². The van der Waals surface area contributed by atoms with Crippen LogP contribution in [0.2, 0.25) is 0 Å². The van der Waals surface area contributed by atoms with Crippen molar-refractivity contribution in [2.45, 2.75) is 51.4 Å². The van der Waals surface area contributed by atoms with E-state index in [-0.39, 0.29) is 12.1 Å². The minimum absolute atomic E-state index is 0.168. The molecule has 0 saturated carbocycles. The van der Waals surface area contributed by atoms with Gasteiger partial charge in [-0.1, -0.05) is 19.1 Å². The zero-order valence-corrected chi connectivity index (χ0v) is 23.2. The second-order valence-corrected chi connectivity index (χ2v) is 11.6. The minimum Gasteiger partial charge on any atom is -0.394 e. The molecule has 0 bridgehead atoms. The van der Waals surface area contributed by atoms with E-state index in [2.05, 4.69) is 57.7 Å². The van der Waals surface area contributed by atoms with E-state index in [0.717, 1.165) is 78.8 Å². The van der Waals surface area contributed by atoms with Gasteiger partial charge in [-0.3, -0.25) is 14.4 Å². The summed E-state index contributed by atoms with van der Waals surface area (Å²) in [5, 5.41) is 9.79. The van der Waals surface area contributed by atoms with Crippen molar-refractivity contribution in [2.24, 2.45) is 7.05 Å². The Hall–Kier alpha value is -3.12. The van der Waals surface area contributed by atoms with Gasteiger partial charge in [0, 0.05) is 57.3 Å². The van der Waals surface area contributed by atoms with Crippen molar-refractivity contribution in [1.82, 2.24) is 38.9 Å². The summed E-state index contributed by atoms with van der Waals surface area (Å²) in [5.74, 6) is 3.43. The van der Waals surface area contributed by atoms with Crippen LogP contribution in [0.15, 0.2) is 24.3 Å².